The lowest BCUT2D eigenvalue weighted by molar-refractivity contribution is -0.139. The topological polar surface area (TPSA) is 602 Å². The van der Waals surface area contributed by atoms with Crippen molar-refractivity contribution in [3.8, 4) is 0 Å². The highest BCUT2D eigenvalue weighted by Crippen LogP contribution is 2.15. The maximum atomic E-state index is 14.4. The molecule has 1 rings (SSSR count). The molecular formula is C57H97N17O19S. The Hall–Kier alpha value is -8.55. The lowest BCUT2D eigenvalue weighted by Gasteiger charge is -2.30. The molecule has 0 fully saturated rings. The number of carbonyl (C=O) groups excluding carboxylic acids is 13. The highest BCUT2D eigenvalue weighted by atomic mass is 32.2. The van der Waals surface area contributed by atoms with Crippen LogP contribution in [0, 0.1) is 17.8 Å². The van der Waals surface area contributed by atoms with E-state index in [0.717, 1.165) is 0 Å². The van der Waals surface area contributed by atoms with Crippen LogP contribution in [-0.4, -0.2) is 224 Å². The van der Waals surface area contributed by atoms with Gasteiger partial charge in [-0.05, 0) is 87.7 Å². The third-order valence-corrected chi connectivity index (χ3v) is 14.9. The molecule has 94 heavy (non-hydrogen) atoms. The van der Waals surface area contributed by atoms with Crippen LogP contribution in [0.25, 0.3) is 0 Å². The van der Waals surface area contributed by atoms with E-state index in [0.29, 0.717) is 12.1 Å². The van der Waals surface area contributed by atoms with Crippen LogP contribution in [-0.2, 0) is 78.3 Å². The first-order valence-electron chi connectivity index (χ1n) is 30.7. The fraction of sp³-hybridized carbons (Fsp3) is 0.684. The molecular weight excluding hydrogens is 1260 g/mol. The van der Waals surface area contributed by atoms with Crippen molar-refractivity contribution in [2.24, 2.45) is 40.7 Å². The van der Waals surface area contributed by atoms with E-state index in [9.17, 15) is 87.2 Å². The Bertz CT molecular complexity index is 2710. The molecule has 0 aliphatic heterocycles. The minimum absolute atomic E-state index is 0.0524. The number of aliphatic hydroxyl groups is 2. The van der Waals surface area contributed by atoms with E-state index in [-0.39, 0.29) is 69.1 Å². The first kappa shape index (κ1) is 83.5. The monoisotopic (exact) mass is 1360 g/mol. The number of carbonyl (C=O) groups is 15. The smallest absolute Gasteiger partial charge is 0.322 e. The average molecular weight is 1360 g/mol. The lowest BCUT2D eigenvalue weighted by atomic mass is 9.96. The number of primary amides is 2. The van der Waals surface area contributed by atoms with Crippen molar-refractivity contribution in [2.75, 3.05) is 38.3 Å². The van der Waals surface area contributed by atoms with Gasteiger partial charge in [0.2, 0.25) is 76.8 Å². The van der Waals surface area contributed by atoms with Crippen LogP contribution >= 0.6 is 11.8 Å². The number of unbranched alkanes of at least 4 members (excludes halogenated alkanes) is 1. The van der Waals surface area contributed by atoms with Gasteiger partial charge in [-0.3, -0.25) is 71.9 Å². The van der Waals surface area contributed by atoms with E-state index in [1.165, 1.54) is 31.2 Å². The summed E-state index contributed by atoms with van der Waals surface area (Å²) < 4.78 is 0. The summed E-state index contributed by atoms with van der Waals surface area (Å²) >= 11 is 1.29. The van der Waals surface area contributed by atoms with E-state index >= 15 is 0 Å². The summed E-state index contributed by atoms with van der Waals surface area (Å²) in [5.41, 5.74) is 22.5. The van der Waals surface area contributed by atoms with Gasteiger partial charge in [0, 0.05) is 25.5 Å². The number of hydrogen-bond acceptors (Lipinski definition) is 21. The van der Waals surface area contributed by atoms with E-state index in [2.05, 4.69) is 68.5 Å². The molecule has 0 spiro atoms. The van der Waals surface area contributed by atoms with Crippen LogP contribution < -0.4 is 81.4 Å². The number of nitrogens with zero attached hydrogens (tertiary/aromatic N) is 1. The van der Waals surface area contributed by atoms with Crippen LogP contribution in [0.1, 0.15) is 124 Å². The van der Waals surface area contributed by atoms with Gasteiger partial charge in [0.25, 0.3) is 0 Å². The molecule has 0 saturated heterocycles. The molecule has 37 heteroatoms. The van der Waals surface area contributed by atoms with Gasteiger partial charge in [-0.25, -0.2) is 4.98 Å². The Morgan fingerprint density at radius 2 is 0.968 bits per heavy atom. The summed E-state index contributed by atoms with van der Waals surface area (Å²) in [5, 5.41) is 64.7. The van der Waals surface area contributed by atoms with Crippen molar-refractivity contribution in [3.05, 3.63) is 18.2 Å². The minimum atomic E-state index is -1.82. The Balaban J connectivity index is 3.58. The van der Waals surface area contributed by atoms with Crippen molar-refractivity contribution in [2.45, 2.75) is 191 Å². The number of rotatable bonds is 48. The SMILES string of the molecule is CC[C@H](C)[C@H](NC(=O)[C@H](CO)NC(=O)[C@H](CCC(=O)O)NC(=O)[C@@H](N)CO)C(=O)N[C@@H](CCC(N)=O)C(=O)N[C@@H](CC(C)C)C(=O)N[C@@H](CCSC)C(=O)N[C@@H](CC(C)C)C(=O)N[C@@H](CC(N)=O)C(=O)N[C@@H](CCCCN)C(=O)N[C@@H](Cc1c[nH]cn1)C(=O)NCC(=O)O. The Kier molecular flexibility index (Phi) is 39.2. The predicted octanol–water partition coefficient (Wildman–Crippen LogP) is -6.66. The van der Waals surface area contributed by atoms with Crippen molar-refractivity contribution in [3.63, 3.8) is 0 Å². The molecule has 0 aliphatic rings. The maximum absolute atomic E-state index is 14.4. The van der Waals surface area contributed by atoms with Crippen LogP contribution in [0.15, 0.2) is 12.5 Å². The quantitative estimate of drug-likeness (QED) is 0.0270. The van der Waals surface area contributed by atoms with Crippen molar-refractivity contribution >= 4 is 100 Å². The summed E-state index contributed by atoms with van der Waals surface area (Å²) in [4.78, 5) is 206. The van der Waals surface area contributed by atoms with E-state index < -0.39 is 213 Å². The van der Waals surface area contributed by atoms with Gasteiger partial charge in [-0.15, -0.1) is 0 Å². The predicted molar refractivity (Wildman–Crippen MR) is 338 cm³/mol. The Morgan fingerprint density at radius 1 is 0.521 bits per heavy atom. The van der Waals surface area contributed by atoms with Gasteiger partial charge >= 0.3 is 11.9 Å². The second-order valence-corrected chi connectivity index (χ2v) is 24.2. The van der Waals surface area contributed by atoms with Crippen LogP contribution in [0.3, 0.4) is 0 Å². The van der Waals surface area contributed by atoms with Gasteiger partial charge in [0.05, 0.1) is 31.7 Å². The molecule has 36 nitrogen and oxygen atoms in total. The first-order valence-corrected chi connectivity index (χ1v) is 32.1. The van der Waals surface area contributed by atoms with Gasteiger partial charge in [-0.2, -0.15) is 11.8 Å². The highest BCUT2D eigenvalue weighted by molar-refractivity contribution is 7.98. The summed E-state index contributed by atoms with van der Waals surface area (Å²) in [5.74, 6) is -16.9. The van der Waals surface area contributed by atoms with Gasteiger partial charge in [0.15, 0.2) is 0 Å². The van der Waals surface area contributed by atoms with Crippen molar-refractivity contribution in [1.82, 2.24) is 68.5 Å². The average Bonchev–Trinajstić information content (AvgIpc) is 1.25. The number of thioether (sulfide) groups is 1. The number of H-pyrrole nitrogens is 1. The third-order valence-electron chi connectivity index (χ3n) is 14.3. The summed E-state index contributed by atoms with van der Waals surface area (Å²) in [6.07, 6.45) is 1.93. The molecule has 1 heterocycles. The highest BCUT2D eigenvalue weighted by Gasteiger charge is 2.38. The number of carboxylic acid groups (broad SMARTS) is 2. The molecule has 0 aliphatic carbocycles. The van der Waals surface area contributed by atoms with E-state index in [4.69, 9.17) is 28.0 Å². The fourth-order valence-electron chi connectivity index (χ4n) is 8.96. The molecule has 0 unspecified atom stereocenters. The number of aromatic amines is 1. The van der Waals surface area contributed by atoms with E-state index in [1.807, 2.05) is 0 Å². The lowest BCUT2D eigenvalue weighted by Crippen LogP contribution is -2.62. The van der Waals surface area contributed by atoms with Crippen molar-refractivity contribution in [1.29, 1.82) is 0 Å². The molecule has 0 saturated carbocycles. The number of aliphatic hydroxyl groups excluding tert-OH is 2. The maximum Gasteiger partial charge on any atom is 0.322 e. The summed E-state index contributed by atoms with van der Waals surface area (Å²) in [6, 6.07) is -17.0. The molecule has 0 bridgehead atoms. The summed E-state index contributed by atoms with van der Waals surface area (Å²) in [6.45, 7) is 7.52. The molecule has 13 amide bonds. The molecule has 1 aromatic heterocycles. The van der Waals surface area contributed by atoms with E-state index in [1.54, 1.807) is 40.9 Å². The zero-order valence-electron chi connectivity index (χ0n) is 54.0. The molecule has 0 radical (unpaired) electrons. The van der Waals surface area contributed by atoms with Gasteiger partial charge in [0.1, 0.15) is 73.0 Å². The Labute approximate surface area is 548 Å². The molecule has 12 atom stereocenters. The number of carboxylic acids is 2. The zero-order chi connectivity index (χ0) is 71.4. The second-order valence-electron chi connectivity index (χ2n) is 23.2. The number of aliphatic carboxylic acids is 2. The number of aromatic nitrogens is 2. The fourth-order valence-corrected chi connectivity index (χ4v) is 9.43. The van der Waals surface area contributed by atoms with Gasteiger partial charge in [-0.1, -0.05) is 48.0 Å². The number of nitrogens with one attached hydrogen (secondary N) is 12. The minimum Gasteiger partial charge on any atom is -0.481 e. The summed E-state index contributed by atoms with van der Waals surface area (Å²) in [7, 11) is 0. The molecule has 0 aromatic carbocycles. The van der Waals surface area contributed by atoms with Crippen LogP contribution in [0.5, 0.6) is 0 Å². The van der Waals surface area contributed by atoms with Crippen LogP contribution in [0.4, 0.5) is 0 Å². The number of hydrogen-bond donors (Lipinski definition) is 20. The largest absolute Gasteiger partial charge is 0.481 e. The molecule has 1 aromatic rings. The number of imidazole rings is 1. The third kappa shape index (κ3) is 32.3. The van der Waals surface area contributed by atoms with Crippen molar-refractivity contribution < 1.29 is 92.3 Å². The first-order chi connectivity index (χ1) is 44.2. The van der Waals surface area contributed by atoms with Crippen LogP contribution in [0.2, 0.25) is 0 Å². The molecule has 530 valence electrons. The number of amides is 13. The normalized spacial score (nSPS) is 15.0. The van der Waals surface area contributed by atoms with Gasteiger partial charge < -0.3 is 107 Å². The standard InChI is InChI=1S/C57H97N17O19S/c1-8-30(6)46(74-56(92)41(26-76)73-51(87)35(13-15-44(79)80)65-47(83)32(59)25-75)57(93)68-34(12-14-42(60)77)50(86)69-37(19-28(2)3)53(89)67-36(16-18-94-7)52(88)70-38(20-29(4)5)54(90)72-40(22-43(61)78)55(91)66-33(11-9-10-17-58)49(85)71-39(21-31-23-62-27-64-31)48(84)63-24-45(81)82/h23,27-30,32-41,46,75-76H,8-22,24-26,58-59H2,1-7H3,(H2,60,77)(H2,61,78)(H,62,64)(H,63,84)(H,65,83)(H,66,91)(H,67,89)(H,68,93)(H,69,86)(H,70,88)(H,71,85)(H,72,90)(H,73,87)(H,74,92)(H,79,80)(H,81,82)/t30-,32-,33-,34-,35-,36-,37-,38-,39-,40-,41-,46-/m0/s1. The second kappa shape index (κ2) is 44.1. The number of nitrogens with two attached hydrogens (primary N) is 4. The molecule has 24 N–H and O–H groups in total. The zero-order valence-corrected chi connectivity index (χ0v) is 54.9. The Morgan fingerprint density at radius 3 is 1.41 bits per heavy atom.